The van der Waals surface area contributed by atoms with Gasteiger partial charge in [0.1, 0.15) is 5.75 Å². The van der Waals surface area contributed by atoms with Gasteiger partial charge >= 0.3 is 0 Å². The van der Waals surface area contributed by atoms with Gasteiger partial charge in [-0.1, -0.05) is 12.1 Å². The van der Waals surface area contributed by atoms with Gasteiger partial charge in [-0.3, -0.25) is 14.5 Å². The van der Waals surface area contributed by atoms with Crippen LogP contribution in [0.1, 0.15) is 15.9 Å². The Morgan fingerprint density at radius 1 is 1.22 bits per heavy atom. The summed E-state index contributed by atoms with van der Waals surface area (Å²) in [5, 5.41) is 3.05. The van der Waals surface area contributed by atoms with Crippen LogP contribution in [-0.2, 0) is 16.1 Å². The molecule has 0 spiro atoms. The Bertz CT molecular complexity index is 1000. The normalized spacial score (nSPS) is 19.2. The molecular formula is C23H27N5O4. The van der Waals surface area contributed by atoms with E-state index in [0.717, 1.165) is 37.6 Å². The number of methoxy groups -OCH3 is 1. The van der Waals surface area contributed by atoms with Crippen molar-refractivity contribution < 1.29 is 19.1 Å². The van der Waals surface area contributed by atoms with Crippen LogP contribution < -0.4 is 15.0 Å². The monoisotopic (exact) mass is 437 g/mol. The molecule has 9 heteroatoms. The lowest BCUT2D eigenvalue weighted by molar-refractivity contribution is -0.117. The third-order valence-corrected chi connectivity index (χ3v) is 6.32. The fourth-order valence-corrected chi connectivity index (χ4v) is 4.37. The lowest BCUT2D eigenvalue weighted by Gasteiger charge is -2.46. The molecule has 1 N–H and O–H groups in total. The highest BCUT2D eigenvalue weighted by molar-refractivity contribution is 6.04. The van der Waals surface area contributed by atoms with Crippen LogP contribution in [0, 0.1) is 0 Å². The van der Waals surface area contributed by atoms with Gasteiger partial charge in [0.05, 0.1) is 44.7 Å². The van der Waals surface area contributed by atoms with Crippen molar-refractivity contribution in [3.05, 3.63) is 47.7 Å². The van der Waals surface area contributed by atoms with Crippen molar-refractivity contribution >= 4 is 23.3 Å². The Morgan fingerprint density at radius 3 is 2.69 bits per heavy atom. The molecule has 9 nitrogen and oxygen atoms in total. The zero-order valence-corrected chi connectivity index (χ0v) is 18.1. The summed E-state index contributed by atoms with van der Waals surface area (Å²) in [6.07, 6.45) is 1.59. The highest BCUT2D eigenvalue weighted by Crippen LogP contribution is 2.31. The first-order valence-electron chi connectivity index (χ1n) is 10.9. The summed E-state index contributed by atoms with van der Waals surface area (Å²) in [5.41, 5.74) is 2.11. The molecule has 3 aliphatic heterocycles. The van der Waals surface area contributed by atoms with E-state index >= 15 is 0 Å². The molecule has 3 aliphatic rings. The van der Waals surface area contributed by atoms with Gasteiger partial charge in [-0.25, -0.2) is 4.98 Å². The van der Waals surface area contributed by atoms with E-state index in [1.807, 2.05) is 29.2 Å². The first kappa shape index (κ1) is 20.7. The number of anilines is 2. The number of benzene rings is 1. The van der Waals surface area contributed by atoms with Crippen LogP contribution in [0.25, 0.3) is 0 Å². The van der Waals surface area contributed by atoms with Crippen LogP contribution in [-0.4, -0.2) is 85.7 Å². The molecule has 2 aromatic rings. The Hall–Kier alpha value is -3.17. The van der Waals surface area contributed by atoms with Gasteiger partial charge in [0, 0.05) is 38.4 Å². The Labute approximate surface area is 186 Å². The first-order chi connectivity index (χ1) is 15.6. The Balaban J connectivity index is 1.31. The van der Waals surface area contributed by atoms with Crippen LogP contribution in [0.5, 0.6) is 5.75 Å². The Morgan fingerprint density at radius 2 is 1.97 bits per heavy atom. The van der Waals surface area contributed by atoms with E-state index < -0.39 is 0 Å². The number of aromatic nitrogens is 1. The minimum absolute atomic E-state index is 0.0489. The fourth-order valence-electron chi connectivity index (χ4n) is 4.37. The number of fused-ring (bicyclic) bond motifs is 1. The smallest absolute Gasteiger partial charge is 0.255 e. The molecule has 2 saturated heterocycles. The molecule has 0 bridgehead atoms. The van der Waals surface area contributed by atoms with Gasteiger partial charge in [0.2, 0.25) is 5.91 Å². The summed E-state index contributed by atoms with van der Waals surface area (Å²) >= 11 is 0. The molecule has 2 amide bonds. The summed E-state index contributed by atoms with van der Waals surface area (Å²) in [5.74, 6) is 1.27. The number of hydrogen-bond acceptors (Lipinski definition) is 7. The summed E-state index contributed by atoms with van der Waals surface area (Å²) in [4.78, 5) is 36.1. The van der Waals surface area contributed by atoms with Crippen molar-refractivity contribution in [3.63, 3.8) is 0 Å². The van der Waals surface area contributed by atoms with Gasteiger partial charge in [0.15, 0.2) is 5.82 Å². The average Bonchev–Trinajstić information content (AvgIpc) is 2.81. The molecule has 0 aliphatic carbocycles. The standard InChI is InChI=1S/C23H27N5O4/c1-31-19-4-2-16(3-5-19)13-28-20-10-17(11-24-22(20)25-12-21(28)29)23(30)27-14-18(15-27)26-6-8-32-9-7-26/h2-5,10-11,18H,6-9,12-15H2,1H3,(H,24,25). The molecule has 0 radical (unpaired) electrons. The average molecular weight is 438 g/mol. The van der Waals surface area contributed by atoms with Gasteiger partial charge in [-0.2, -0.15) is 0 Å². The number of likely N-dealkylation sites (tertiary alicyclic amines) is 1. The van der Waals surface area contributed by atoms with Crippen LogP contribution in [0.15, 0.2) is 36.5 Å². The summed E-state index contributed by atoms with van der Waals surface area (Å²) in [6.45, 7) is 5.35. The zero-order valence-electron chi connectivity index (χ0n) is 18.1. The largest absolute Gasteiger partial charge is 0.497 e. The molecule has 2 fully saturated rings. The maximum Gasteiger partial charge on any atom is 0.255 e. The molecule has 168 valence electrons. The summed E-state index contributed by atoms with van der Waals surface area (Å²) in [6, 6.07) is 9.78. The van der Waals surface area contributed by atoms with Crippen LogP contribution >= 0.6 is 0 Å². The third kappa shape index (κ3) is 4.01. The van der Waals surface area contributed by atoms with Crippen molar-refractivity contribution in [1.82, 2.24) is 14.8 Å². The van der Waals surface area contributed by atoms with Crippen molar-refractivity contribution in [2.75, 3.05) is 63.3 Å². The molecular weight excluding hydrogens is 410 g/mol. The number of pyridine rings is 1. The van der Waals surface area contributed by atoms with E-state index in [1.165, 1.54) is 0 Å². The van der Waals surface area contributed by atoms with Gasteiger partial charge < -0.3 is 24.6 Å². The molecule has 0 unspecified atom stereocenters. The summed E-state index contributed by atoms with van der Waals surface area (Å²) < 4.78 is 10.6. The lowest BCUT2D eigenvalue weighted by Crippen LogP contribution is -2.62. The zero-order chi connectivity index (χ0) is 22.1. The van der Waals surface area contributed by atoms with Crippen molar-refractivity contribution in [2.24, 2.45) is 0 Å². The fraction of sp³-hybridized carbons (Fsp3) is 0.435. The number of ether oxygens (including phenoxy) is 2. The van der Waals surface area contributed by atoms with Crippen LogP contribution in [0.3, 0.4) is 0 Å². The van der Waals surface area contributed by atoms with Crippen LogP contribution in [0.2, 0.25) is 0 Å². The number of hydrogen-bond donors (Lipinski definition) is 1. The SMILES string of the molecule is COc1ccc(CN2C(=O)CNc3ncc(C(=O)N4CC(N5CCOCC5)C4)cc32)cc1. The number of carbonyl (C=O) groups is 2. The lowest BCUT2D eigenvalue weighted by atomic mass is 10.0. The minimum atomic E-state index is -0.0592. The van der Waals surface area contributed by atoms with Crippen molar-refractivity contribution in [2.45, 2.75) is 12.6 Å². The maximum atomic E-state index is 13.1. The highest BCUT2D eigenvalue weighted by Gasteiger charge is 2.36. The second-order valence-corrected chi connectivity index (χ2v) is 8.29. The number of carbonyl (C=O) groups excluding carboxylic acids is 2. The second kappa shape index (κ2) is 8.76. The van der Waals surface area contributed by atoms with E-state index in [4.69, 9.17) is 9.47 Å². The molecule has 1 aromatic carbocycles. The first-order valence-corrected chi connectivity index (χ1v) is 10.9. The predicted octanol–water partition coefficient (Wildman–Crippen LogP) is 1.21. The Kier molecular flexibility index (Phi) is 5.67. The summed E-state index contributed by atoms with van der Waals surface area (Å²) in [7, 11) is 1.62. The number of morpholine rings is 1. The molecule has 32 heavy (non-hydrogen) atoms. The van der Waals surface area contributed by atoms with Gasteiger partial charge in [-0.15, -0.1) is 0 Å². The van der Waals surface area contributed by atoms with Crippen molar-refractivity contribution in [1.29, 1.82) is 0 Å². The predicted molar refractivity (Wildman–Crippen MR) is 119 cm³/mol. The van der Waals surface area contributed by atoms with E-state index in [0.29, 0.717) is 42.7 Å². The molecule has 5 rings (SSSR count). The minimum Gasteiger partial charge on any atom is -0.497 e. The van der Waals surface area contributed by atoms with Crippen LogP contribution in [0.4, 0.5) is 11.5 Å². The number of nitrogens with one attached hydrogen (secondary N) is 1. The quantitative estimate of drug-likeness (QED) is 0.752. The second-order valence-electron chi connectivity index (χ2n) is 8.29. The number of nitrogens with zero attached hydrogens (tertiary/aromatic N) is 4. The van der Waals surface area contributed by atoms with E-state index in [2.05, 4.69) is 15.2 Å². The number of amides is 2. The molecule has 0 atom stereocenters. The van der Waals surface area contributed by atoms with E-state index in [-0.39, 0.29) is 18.4 Å². The number of rotatable bonds is 5. The van der Waals surface area contributed by atoms with Gasteiger partial charge in [0.25, 0.3) is 5.91 Å². The molecule has 4 heterocycles. The molecule has 1 aromatic heterocycles. The third-order valence-electron chi connectivity index (χ3n) is 6.32. The van der Waals surface area contributed by atoms with E-state index in [9.17, 15) is 9.59 Å². The van der Waals surface area contributed by atoms with E-state index in [1.54, 1.807) is 24.3 Å². The maximum absolute atomic E-state index is 13.1. The molecule has 0 saturated carbocycles. The highest BCUT2D eigenvalue weighted by atomic mass is 16.5. The topological polar surface area (TPSA) is 87.2 Å². The van der Waals surface area contributed by atoms with Crippen molar-refractivity contribution in [3.8, 4) is 5.75 Å². The van der Waals surface area contributed by atoms with Gasteiger partial charge in [-0.05, 0) is 23.8 Å².